The second-order valence-electron chi connectivity index (χ2n) is 7.63. The van der Waals surface area contributed by atoms with Gasteiger partial charge in [-0.1, -0.05) is 47.6 Å². The van der Waals surface area contributed by atoms with E-state index in [-0.39, 0.29) is 11.3 Å². The van der Waals surface area contributed by atoms with E-state index in [0.717, 1.165) is 25.0 Å². The topological polar surface area (TPSA) is 74.4 Å². The Morgan fingerprint density at radius 3 is 2.92 bits per heavy atom. The van der Waals surface area contributed by atoms with Crippen LogP contribution in [0.1, 0.15) is 43.2 Å². The van der Waals surface area contributed by atoms with E-state index in [9.17, 15) is 10.4 Å². The van der Waals surface area contributed by atoms with Gasteiger partial charge in [0.2, 0.25) is 0 Å². The van der Waals surface area contributed by atoms with Crippen molar-refractivity contribution in [1.82, 2.24) is 0 Å². The van der Waals surface area contributed by atoms with Gasteiger partial charge < -0.3 is 15.2 Å². The fourth-order valence-electron chi connectivity index (χ4n) is 5.09. The third-order valence-electron chi connectivity index (χ3n) is 6.37. The molecule has 3 aliphatic rings. The van der Waals surface area contributed by atoms with Gasteiger partial charge in [0.15, 0.2) is 0 Å². The Balaban J connectivity index is 1.68. The molecule has 5 heteroatoms. The molecule has 136 valence electrons. The van der Waals surface area contributed by atoms with Crippen LogP contribution < -0.4 is 4.74 Å². The van der Waals surface area contributed by atoms with Crippen LogP contribution in [0.15, 0.2) is 52.8 Å². The molecule has 0 unspecified atom stereocenters. The first kappa shape index (κ1) is 16.9. The molecular weight excluding hydrogens is 328 g/mol. The predicted octanol–water partition coefficient (Wildman–Crippen LogP) is 4.30. The number of fused-ring (bicyclic) bond motifs is 5. The highest BCUT2D eigenvalue weighted by atomic mass is 16.5. The van der Waals surface area contributed by atoms with Crippen LogP contribution in [0.25, 0.3) is 0 Å². The molecule has 0 spiro atoms. The van der Waals surface area contributed by atoms with Crippen LogP contribution in [-0.2, 0) is 6.42 Å². The normalized spacial score (nSPS) is 32.6. The lowest BCUT2D eigenvalue weighted by Crippen LogP contribution is -2.38. The van der Waals surface area contributed by atoms with Gasteiger partial charge in [0.1, 0.15) is 23.8 Å². The SMILES string of the molecule is C=CCOc1ccc2c(c1)CC=C1[C@@H]2CC[C@]2(C)C(=N\O)/C(=N/O)C[C@@H]12. The summed E-state index contributed by atoms with van der Waals surface area (Å²) in [6.45, 7) is 6.33. The number of hydrogen-bond donors (Lipinski definition) is 2. The van der Waals surface area contributed by atoms with Crippen LogP contribution in [0.2, 0.25) is 0 Å². The van der Waals surface area contributed by atoms with Gasteiger partial charge in [-0.15, -0.1) is 0 Å². The van der Waals surface area contributed by atoms with Crippen LogP contribution in [0.5, 0.6) is 5.75 Å². The molecule has 0 bridgehead atoms. The highest BCUT2D eigenvalue weighted by molar-refractivity contribution is 6.46. The molecule has 4 rings (SSSR count). The highest BCUT2D eigenvalue weighted by Crippen LogP contribution is 2.57. The van der Waals surface area contributed by atoms with E-state index in [1.807, 2.05) is 6.07 Å². The molecule has 0 amide bonds. The van der Waals surface area contributed by atoms with E-state index >= 15 is 0 Å². The Kier molecular flexibility index (Phi) is 4.10. The molecule has 0 saturated heterocycles. The zero-order valence-electron chi connectivity index (χ0n) is 15.0. The first-order valence-electron chi connectivity index (χ1n) is 9.12. The van der Waals surface area contributed by atoms with Gasteiger partial charge in [-0.25, -0.2) is 0 Å². The Labute approximate surface area is 153 Å². The van der Waals surface area contributed by atoms with Crippen molar-refractivity contribution in [2.24, 2.45) is 21.6 Å². The lowest BCUT2D eigenvalue weighted by molar-refractivity contribution is 0.244. The molecule has 2 saturated carbocycles. The van der Waals surface area contributed by atoms with Crippen molar-refractivity contribution in [2.75, 3.05) is 6.61 Å². The largest absolute Gasteiger partial charge is 0.490 e. The zero-order valence-corrected chi connectivity index (χ0v) is 15.0. The molecule has 3 aliphatic carbocycles. The fraction of sp³-hybridized carbons (Fsp3) is 0.429. The van der Waals surface area contributed by atoms with Crippen LogP contribution in [0.4, 0.5) is 0 Å². The molecule has 2 N–H and O–H groups in total. The van der Waals surface area contributed by atoms with Gasteiger partial charge in [0.05, 0.1) is 0 Å². The number of nitrogens with zero attached hydrogens (tertiary/aromatic N) is 2. The van der Waals surface area contributed by atoms with Gasteiger partial charge in [0, 0.05) is 17.8 Å². The van der Waals surface area contributed by atoms with Crippen molar-refractivity contribution in [3.63, 3.8) is 0 Å². The summed E-state index contributed by atoms with van der Waals surface area (Å²) in [6, 6.07) is 6.36. The number of ether oxygens (including phenoxy) is 1. The van der Waals surface area contributed by atoms with Gasteiger partial charge in [-0.05, 0) is 48.4 Å². The molecule has 1 aromatic rings. The monoisotopic (exact) mass is 352 g/mol. The van der Waals surface area contributed by atoms with Crippen LogP contribution in [0, 0.1) is 11.3 Å². The van der Waals surface area contributed by atoms with Crippen molar-refractivity contribution in [2.45, 2.75) is 38.5 Å². The summed E-state index contributed by atoms with van der Waals surface area (Å²) in [6.07, 6.45) is 7.48. The molecule has 0 aliphatic heterocycles. The molecule has 26 heavy (non-hydrogen) atoms. The second-order valence-corrected chi connectivity index (χ2v) is 7.63. The van der Waals surface area contributed by atoms with Gasteiger partial charge in [-0.3, -0.25) is 0 Å². The quantitative estimate of drug-likeness (QED) is 0.484. The first-order valence-corrected chi connectivity index (χ1v) is 9.12. The third kappa shape index (κ3) is 2.37. The molecule has 1 aromatic carbocycles. The maximum absolute atomic E-state index is 9.48. The molecule has 0 radical (unpaired) electrons. The molecule has 0 heterocycles. The van der Waals surface area contributed by atoms with Crippen molar-refractivity contribution in [1.29, 1.82) is 0 Å². The Morgan fingerprint density at radius 1 is 1.35 bits per heavy atom. The first-order chi connectivity index (χ1) is 12.6. The maximum atomic E-state index is 9.48. The minimum absolute atomic E-state index is 0.225. The summed E-state index contributed by atoms with van der Waals surface area (Å²) in [5.74, 6) is 1.48. The smallest absolute Gasteiger partial charge is 0.120 e. The Bertz CT molecular complexity index is 840. The summed E-state index contributed by atoms with van der Waals surface area (Å²) in [5.41, 5.74) is 4.87. The van der Waals surface area contributed by atoms with Crippen molar-refractivity contribution < 1.29 is 15.2 Å². The summed E-state index contributed by atoms with van der Waals surface area (Å²) in [5, 5.41) is 25.7. The van der Waals surface area contributed by atoms with E-state index in [2.05, 4.69) is 42.0 Å². The summed E-state index contributed by atoms with van der Waals surface area (Å²) in [4.78, 5) is 0. The average Bonchev–Trinajstić information content (AvgIpc) is 2.97. The molecule has 3 atom stereocenters. The fourth-order valence-corrected chi connectivity index (χ4v) is 5.09. The minimum Gasteiger partial charge on any atom is -0.490 e. The van der Waals surface area contributed by atoms with E-state index in [4.69, 9.17) is 4.74 Å². The predicted molar refractivity (Wildman–Crippen MR) is 101 cm³/mol. The minimum atomic E-state index is -0.261. The third-order valence-corrected chi connectivity index (χ3v) is 6.37. The standard InChI is InChI=1S/C21H24N2O3/c1-3-10-26-14-5-7-15-13(11-14)4-6-17-16(15)8-9-21(2)18(17)12-19(22-24)20(21)23-25/h3,5-7,11,16,18,24-25H,1,4,8-10,12H2,2H3/b22-19+,23-20-/t16-,18+,21+/m1/s1. The van der Waals surface area contributed by atoms with Crippen molar-refractivity contribution in [3.8, 4) is 5.75 Å². The molecule has 2 fully saturated rings. The van der Waals surface area contributed by atoms with Crippen LogP contribution in [-0.4, -0.2) is 28.4 Å². The lowest BCUT2D eigenvalue weighted by Gasteiger charge is -2.44. The number of allylic oxidation sites excluding steroid dienone is 2. The summed E-state index contributed by atoms with van der Waals surface area (Å²) < 4.78 is 5.67. The highest BCUT2D eigenvalue weighted by Gasteiger charge is 2.54. The summed E-state index contributed by atoms with van der Waals surface area (Å²) in [7, 11) is 0. The van der Waals surface area contributed by atoms with E-state index < -0.39 is 0 Å². The average molecular weight is 352 g/mol. The number of rotatable bonds is 3. The Hall–Kier alpha value is -2.56. The van der Waals surface area contributed by atoms with Gasteiger partial charge in [0.25, 0.3) is 0 Å². The molecule has 0 aromatic heterocycles. The van der Waals surface area contributed by atoms with Gasteiger partial charge in [-0.2, -0.15) is 0 Å². The van der Waals surface area contributed by atoms with Crippen LogP contribution in [0.3, 0.4) is 0 Å². The van der Waals surface area contributed by atoms with Crippen molar-refractivity contribution >= 4 is 11.4 Å². The molecular formula is C21H24N2O3. The van der Waals surface area contributed by atoms with Crippen molar-refractivity contribution in [3.05, 3.63) is 53.6 Å². The van der Waals surface area contributed by atoms with Crippen LogP contribution >= 0.6 is 0 Å². The van der Waals surface area contributed by atoms with E-state index in [0.29, 0.717) is 30.4 Å². The molecule has 5 nitrogen and oxygen atoms in total. The maximum Gasteiger partial charge on any atom is 0.120 e. The number of benzene rings is 1. The van der Waals surface area contributed by atoms with E-state index in [1.165, 1.54) is 16.7 Å². The summed E-state index contributed by atoms with van der Waals surface area (Å²) >= 11 is 0. The second kappa shape index (κ2) is 6.31. The zero-order chi connectivity index (χ0) is 18.3. The number of oxime groups is 2. The van der Waals surface area contributed by atoms with E-state index in [1.54, 1.807) is 6.08 Å². The van der Waals surface area contributed by atoms with Gasteiger partial charge >= 0.3 is 0 Å². The lowest BCUT2D eigenvalue weighted by atomic mass is 9.60. The Morgan fingerprint density at radius 2 is 2.19 bits per heavy atom. The number of hydrogen-bond acceptors (Lipinski definition) is 5.